The van der Waals surface area contributed by atoms with Gasteiger partial charge in [-0.25, -0.2) is 4.98 Å². The van der Waals surface area contributed by atoms with Crippen molar-refractivity contribution in [1.29, 1.82) is 0 Å². The summed E-state index contributed by atoms with van der Waals surface area (Å²) in [6.45, 7) is 1.86. The first-order chi connectivity index (χ1) is 9.25. The van der Waals surface area contributed by atoms with Crippen LogP contribution in [0.3, 0.4) is 0 Å². The number of benzene rings is 1. The fraction of sp³-hybridized carbons (Fsp3) is 0.312. The van der Waals surface area contributed by atoms with Crippen molar-refractivity contribution in [1.82, 2.24) is 9.97 Å². The Morgan fingerprint density at radius 3 is 2.58 bits per heavy atom. The van der Waals surface area contributed by atoms with E-state index in [1.54, 1.807) is 12.4 Å². The van der Waals surface area contributed by atoms with Crippen molar-refractivity contribution in [3.63, 3.8) is 0 Å². The Morgan fingerprint density at radius 2 is 1.95 bits per heavy atom. The molecule has 3 rings (SSSR count). The maximum atomic E-state index is 12.5. The number of aryl methyl sites for hydroxylation is 1. The Labute approximate surface area is 112 Å². The van der Waals surface area contributed by atoms with Crippen molar-refractivity contribution < 1.29 is 4.79 Å². The second-order valence-electron chi connectivity index (χ2n) is 5.09. The van der Waals surface area contributed by atoms with Gasteiger partial charge in [-0.2, -0.15) is 0 Å². The van der Waals surface area contributed by atoms with Gasteiger partial charge in [-0.05, 0) is 31.2 Å². The molecule has 3 nitrogen and oxygen atoms in total. The second kappa shape index (κ2) is 4.92. The number of aromatic nitrogens is 2. The summed E-state index contributed by atoms with van der Waals surface area (Å²) in [7, 11) is 0. The van der Waals surface area contributed by atoms with Crippen LogP contribution in [0.4, 0.5) is 0 Å². The van der Waals surface area contributed by atoms with Crippen LogP contribution in [-0.4, -0.2) is 15.8 Å². The van der Waals surface area contributed by atoms with Crippen LogP contribution in [-0.2, 0) is 0 Å². The molecule has 2 aromatic rings. The molecule has 1 aromatic carbocycles. The SMILES string of the molecule is Cc1cnc(C(=O)c2ccccc2C2CCC2)cn1. The zero-order valence-corrected chi connectivity index (χ0v) is 11.0. The third kappa shape index (κ3) is 2.28. The van der Waals surface area contributed by atoms with Crippen LogP contribution in [0.25, 0.3) is 0 Å². The number of hydrogen-bond donors (Lipinski definition) is 0. The highest BCUT2D eigenvalue weighted by molar-refractivity contribution is 6.08. The molecule has 0 saturated heterocycles. The molecule has 1 saturated carbocycles. The molecule has 0 atom stereocenters. The molecule has 0 aliphatic heterocycles. The van der Waals surface area contributed by atoms with Gasteiger partial charge in [-0.15, -0.1) is 0 Å². The van der Waals surface area contributed by atoms with Crippen LogP contribution in [0.1, 0.15) is 52.5 Å². The molecule has 0 bridgehead atoms. The lowest BCUT2D eigenvalue weighted by Crippen LogP contribution is -2.15. The highest BCUT2D eigenvalue weighted by Crippen LogP contribution is 2.38. The number of rotatable bonds is 3. The average molecular weight is 252 g/mol. The molecule has 1 aliphatic rings. The van der Waals surface area contributed by atoms with Crippen LogP contribution >= 0.6 is 0 Å². The summed E-state index contributed by atoms with van der Waals surface area (Å²) in [5.74, 6) is 0.522. The van der Waals surface area contributed by atoms with Gasteiger partial charge in [-0.1, -0.05) is 30.7 Å². The van der Waals surface area contributed by atoms with Gasteiger partial charge in [0.2, 0.25) is 5.78 Å². The standard InChI is InChI=1S/C16H16N2O/c1-11-9-18-15(10-17-11)16(19)14-8-3-2-7-13(14)12-5-4-6-12/h2-3,7-10,12H,4-6H2,1H3. The van der Waals surface area contributed by atoms with Crippen LogP contribution in [0, 0.1) is 6.92 Å². The van der Waals surface area contributed by atoms with Crippen LogP contribution in [0.5, 0.6) is 0 Å². The van der Waals surface area contributed by atoms with Crippen molar-refractivity contribution in [3.05, 3.63) is 59.2 Å². The summed E-state index contributed by atoms with van der Waals surface area (Å²) in [6, 6.07) is 7.89. The van der Waals surface area contributed by atoms with E-state index >= 15 is 0 Å². The summed E-state index contributed by atoms with van der Waals surface area (Å²) in [6.07, 6.45) is 6.83. The number of carbonyl (C=O) groups excluding carboxylic acids is 1. The van der Waals surface area contributed by atoms with E-state index in [4.69, 9.17) is 0 Å². The summed E-state index contributed by atoms with van der Waals surface area (Å²) in [5, 5.41) is 0. The first-order valence-electron chi connectivity index (χ1n) is 6.68. The van der Waals surface area contributed by atoms with Gasteiger partial charge in [-0.3, -0.25) is 9.78 Å². The van der Waals surface area contributed by atoms with E-state index in [1.165, 1.54) is 24.8 Å². The molecule has 1 aromatic heterocycles. The Bertz CT molecular complexity index is 600. The van der Waals surface area contributed by atoms with Gasteiger partial charge in [0.1, 0.15) is 5.69 Å². The largest absolute Gasteiger partial charge is 0.287 e. The molecule has 0 amide bonds. The zero-order chi connectivity index (χ0) is 13.2. The van der Waals surface area contributed by atoms with Crippen LogP contribution in [0.15, 0.2) is 36.7 Å². The normalized spacial score (nSPS) is 15.0. The summed E-state index contributed by atoms with van der Waals surface area (Å²) < 4.78 is 0. The van der Waals surface area contributed by atoms with E-state index in [0.29, 0.717) is 11.6 Å². The van der Waals surface area contributed by atoms with Gasteiger partial charge >= 0.3 is 0 Å². The Morgan fingerprint density at radius 1 is 1.16 bits per heavy atom. The van der Waals surface area contributed by atoms with E-state index < -0.39 is 0 Å². The topological polar surface area (TPSA) is 42.9 Å². The highest BCUT2D eigenvalue weighted by Gasteiger charge is 2.25. The predicted octanol–water partition coefficient (Wildman–Crippen LogP) is 3.28. The maximum Gasteiger partial charge on any atom is 0.213 e. The van der Waals surface area contributed by atoms with E-state index in [1.807, 2.05) is 25.1 Å². The van der Waals surface area contributed by atoms with Gasteiger partial charge < -0.3 is 0 Å². The fourth-order valence-electron chi connectivity index (χ4n) is 2.43. The molecule has 96 valence electrons. The summed E-state index contributed by atoms with van der Waals surface area (Å²) in [5.41, 5.74) is 3.20. The van der Waals surface area contributed by atoms with Crippen molar-refractivity contribution in [2.45, 2.75) is 32.1 Å². The maximum absolute atomic E-state index is 12.5. The number of carbonyl (C=O) groups is 1. The van der Waals surface area contributed by atoms with E-state index in [2.05, 4.69) is 16.0 Å². The Kier molecular flexibility index (Phi) is 3.11. The lowest BCUT2D eigenvalue weighted by Gasteiger charge is -2.27. The first kappa shape index (κ1) is 12.0. The number of nitrogens with zero attached hydrogens (tertiary/aromatic N) is 2. The molecular weight excluding hydrogens is 236 g/mol. The van der Waals surface area contributed by atoms with Crippen molar-refractivity contribution in [2.24, 2.45) is 0 Å². The molecule has 0 unspecified atom stereocenters. The second-order valence-corrected chi connectivity index (χ2v) is 5.09. The predicted molar refractivity (Wildman–Crippen MR) is 73.2 cm³/mol. The zero-order valence-electron chi connectivity index (χ0n) is 11.0. The molecule has 0 spiro atoms. The fourth-order valence-corrected chi connectivity index (χ4v) is 2.43. The summed E-state index contributed by atoms with van der Waals surface area (Å²) in [4.78, 5) is 20.9. The van der Waals surface area contributed by atoms with E-state index in [-0.39, 0.29) is 5.78 Å². The van der Waals surface area contributed by atoms with Crippen LogP contribution in [0.2, 0.25) is 0 Å². The van der Waals surface area contributed by atoms with Gasteiger partial charge in [0.05, 0.1) is 11.9 Å². The number of ketones is 1. The minimum absolute atomic E-state index is 0.0185. The average Bonchev–Trinajstić information content (AvgIpc) is 2.37. The lowest BCUT2D eigenvalue weighted by molar-refractivity contribution is 0.103. The molecule has 0 N–H and O–H groups in total. The quantitative estimate of drug-likeness (QED) is 0.787. The molecule has 3 heteroatoms. The Hall–Kier alpha value is -2.03. The van der Waals surface area contributed by atoms with Gasteiger partial charge in [0.15, 0.2) is 0 Å². The molecule has 1 fully saturated rings. The molecule has 1 aliphatic carbocycles. The van der Waals surface area contributed by atoms with Gasteiger partial charge in [0.25, 0.3) is 0 Å². The summed E-state index contributed by atoms with van der Waals surface area (Å²) >= 11 is 0. The highest BCUT2D eigenvalue weighted by atomic mass is 16.1. The lowest BCUT2D eigenvalue weighted by atomic mass is 9.77. The molecule has 1 heterocycles. The molecule has 0 radical (unpaired) electrons. The minimum Gasteiger partial charge on any atom is -0.287 e. The number of hydrogen-bond acceptors (Lipinski definition) is 3. The smallest absolute Gasteiger partial charge is 0.213 e. The first-order valence-corrected chi connectivity index (χ1v) is 6.68. The van der Waals surface area contributed by atoms with Crippen molar-refractivity contribution in [2.75, 3.05) is 0 Å². The third-order valence-corrected chi connectivity index (χ3v) is 3.76. The Balaban J connectivity index is 1.97. The van der Waals surface area contributed by atoms with Gasteiger partial charge in [0, 0.05) is 11.8 Å². The van der Waals surface area contributed by atoms with Crippen LogP contribution < -0.4 is 0 Å². The molecule has 19 heavy (non-hydrogen) atoms. The van der Waals surface area contributed by atoms with Crippen molar-refractivity contribution >= 4 is 5.78 Å². The van der Waals surface area contributed by atoms with E-state index in [0.717, 1.165) is 11.3 Å². The third-order valence-electron chi connectivity index (χ3n) is 3.76. The monoisotopic (exact) mass is 252 g/mol. The minimum atomic E-state index is -0.0185. The van der Waals surface area contributed by atoms with Crippen molar-refractivity contribution in [3.8, 4) is 0 Å². The van der Waals surface area contributed by atoms with E-state index in [9.17, 15) is 4.79 Å². The molecular formula is C16H16N2O.